The van der Waals surface area contributed by atoms with E-state index in [1.165, 1.54) is 10.9 Å². The molecule has 0 spiro atoms. The van der Waals surface area contributed by atoms with E-state index in [9.17, 15) is 9.59 Å². The van der Waals surface area contributed by atoms with Crippen LogP contribution in [0.5, 0.6) is 0 Å². The summed E-state index contributed by atoms with van der Waals surface area (Å²) in [6, 6.07) is 5.48. The lowest BCUT2D eigenvalue weighted by molar-refractivity contribution is -0.126. The van der Waals surface area contributed by atoms with E-state index in [1.807, 2.05) is 17.5 Å². The summed E-state index contributed by atoms with van der Waals surface area (Å²) >= 11 is 1.64. The van der Waals surface area contributed by atoms with E-state index < -0.39 is 0 Å². The topological polar surface area (TPSA) is 78.1 Å². The third kappa shape index (κ3) is 3.13. The van der Waals surface area contributed by atoms with Crippen LogP contribution in [-0.4, -0.2) is 34.4 Å². The number of amides is 1. The Labute approximate surface area is 125 Å². The molecule has 3 rings (SSSR count). The fourth-order valence-corrected chi connectivity index (χ4v) is 3.06. The smallest absolute Gasteiger partial charge is 0.252 e. The van der Waals surface area contributed by atoms with Crippen LogP contribution in [0.2, 0.25) is 0 Å². The number of aromatic amines is 1. The number of carbonyl (C=O) groups excluding carboxylic acids is 1. The number of hydrogen-bond acceptors (Lipinski definition) is 5. The number of carbonyl (C=O) groups is 1. The van der Waals surface area contributed by atoms with Crippen LogP contribution >= 0.6 is 11.3 Å². The highest BCUT2D eigenvalue weighted by molar-refractivity contribution is 7.09. The summed E-state index contributed by atoms with van der Waals surface area (Å²) in [5.74, 6) is 0.537. The summed E-state index contributed by atoms with van der Waals surface area (Å²) in [7, 11) is 1.77. The van der Waals surface area contributed by atoms with Gasteiger partial charge >= 0.3 is 0 Å². The molecule has 0 radical (unpaired) electrons. The van der Waals surface area contributed by atoms with Gasteiger partial charge in [0.15, 0.2) is 0 Å². The summed E-state index contributed by atoms with van der Waals surface area (Å²) in [6.07, 6.45) is 0.414. The number of thiophene rings is 1. The van der Waals surface area contributed by atoms with E-state index in [1.54, 1.807) is 23.3 Å². The van der Waals surface area contributed by atoms with Crippen molar-refractivity contribution in [2.45, 2.75) is 18.9 Å². The van der Waals surface area contributed by atoms with Crippen molar-refractivity contribution in [3.8, 4) is 0 Å². The lowest BCUT2D eigenvalue weighted by Gasteiger charge is -2.11. The number of nitrogens with one attached hydrogen (secondary N) is 2. The zero-order chi connectivity index (χ0) is 14.8. The van der Waals surface area contributed by atoms with Crippen LogP contribution in [0.4, 0.5) is 5.95 Å². The van der Waals surface area contributed by atoms with E-state index in [2.05, 4.69) is 15.3 Å². The molecule has 3 heterocycles. The number of hydrogen-bond donors (Lipinski definition) is 2. The number of nitrogens with zero attached hydrogens (tertiary/aromatic N) is 2. The van der Waals surface area contributed by atoms with Crippen molar-refractivity contribution >= 4 is 23.2 Å². The Bertz CT molecular complexity index is 695. The Balaban J connectivity index is 1.76. The van der Waals surface area contributed by atoms with E-state index in [-0.39, 0.29) is 17.4 Å². The van der Waals surface area contributed by atoms with Crippen molar-refractivity contribution in [3.05, 3.63) is 44.5 Å². The van der Waals surface area contributed by atoms with Gasteiger partial charge in [-0.2, -0.15) is 0 Å². The minimum absolute atomic E-state index is 0.00733. The number of likely N-dealkylation sites (tertiary alicyclic amines) is 1. The van der Waals surface area contributed by atoms with Gasteiger partial charge < -0.3 is 10.2 Å². The van der Waals surface area contributed by atoms with Gasteiger partial charge in [0.1, 0.15) is 0 Å². The summed E-state index contributed by atoms with van der Waals surface area (Å²) in [4.78, 5) is 33.3. The predicted octanol–water partition coefficient (Wildman–Crippen LogP) is 1.39. The molecule has 1 saturated heterocycles. The van der Waals surface area contributed by atoms with Crippen LogP contribution in [0.1, 0.15) is 22.9 Å². The zero-order valence-electron chi connectivity index (χ0n) is 11.6. The molecule has 1 aliphatic heterocycles. The van der Waals surface area contributed by atoms with Gasteiger partial charge in [-0.3, -0.25) is 14.6 Å². The number of H-pyrrole nitrogens is 1. The average Bonchev–Trinajstić information content (AvgIpc) is 3.07. The lowest BCUT2D eigenvalue weighted by Crippen LogP contribution is -2.19. The number of likely N-dealkylation sites (N-methyl/N-ethyl adjacent to an activating group) is 1. The molecule has 0 saturated carbocycles. The highest BCUT2D eigenvalue weighted by Crippen LogP contribution is 2.25. The highest BCUT2D eigenvalue weighted by Gasteiger charge is 2.29. The number of aromatic nitrogens is 2. The van der Waals surface area contributed by atoms with Crippen LogP contribution in [0.3, 0.4) is 0 Å². The fraction of sp³-hybridized carbons (Fsp3) is 0.357. The first-order chi connectivity index (χ1) is 10.1. The van der Waals surface area contributed by atoms with Crippen molar-refractivity contribution in [2.24, 2.45) is 0 Å². The zero-order valence-corrected chi connectivity index (χ0v) is 12.4. The quantitative estimate of drug-likeness (QED) is 0.895. The summed E-state index contributed by atoms with van der Waals surface area (Å²) in [5.41, 5.74) is 0.473. The van der Waals surface area contributed by atoms with Crippen molar-refractivity contribution in [1.82, 2.24) is 14.9 Å². The maximum absolute atomic E-state index is 11.8. The van der Waals surface area contributed by atoms with Gasteiger partial charge in [-0.25, -0.2) is 4.98 Å². The first-order valence-electron chi connectivity index (χ1n) is 6.73. The van der Waals surface area contributed by atoms with Gasteiger partial charge in [0.05, 0.1) is 12.2 Å². The standard InChI is InChI=1S/C14H16N4O2S/c1-18-8-9(5-13(18)20)11-6-12(19)17-14(16-11)15-7-10-3-2-4-21-10/h2-4,6,9H,5,7-8H2,1H3,(H2,15,16,17,19)/t9-/m0/s1. The van der Waals surface area contributed by atoms with Crippen LogP contribution in [0.15, 0.2) is 28.4 Å². The molecular formula is C14H16N4O2S. The van der Waals surface area contributed by atoms with E-state index in [0.717, 1.165) is 0 Å². The van der Waals surface area contributed by atoms with Gasteiger partial charge in [0.2, 0.25) is 11.9 Å². The molecule has 110 valence electrons. The van der Waals surface area contributed by atoms with Crippen LogP contribution < -0.4 is 10.9 Å². The molecule has 0 aromatic carbocycles. The maximum Gasteiger partial charge on any atom is 0.252 e. The monoisotopic (exact) mass is 304 g/mol. The summed E-state index contributed by atoms with van der Waals surface area (Å²) < 4.78 is 0. The molecular weight excluding hydrogens is 288 g/mol. The molecule has 2 N–H and O–H groups in total. The molecule has 7 heteroatoms. The first-order valence-corrected chi connectivity index (χ1v) is 7.61. The van der Waals surface area contributed by atoms with Crippen molar-refractivity contribution in [1.29, 1.82) is 0 Å². The normalized spacial score (nSPS) is 18.2. The van der Waals surface area contributed by atoms with Crippen LogP contribution in [0.25, 0.3) is 0 Å². The molecule has 6 nitrogen and oxygen atoms in total. The van der Waals surface area contributed by atoms with Crippen molar-refractivity contribution in [3.63, 3.8) is 0 Å². The van der Waals surface area contributed by atoms with Crippen LogP contribution in [0, 0.1) is 0 Å². The Hall–Kier alpha value is -2.15. The fourth-order valence-electron chi connectivity index (χ4n) is 2.41. The van der Waals surface area contributed by atoms with E-state index in [4.69, 9.17) is 0 Å². The second-order valence-corrected chi connectivity index (χ2v) is 6.16. The average molecular weight is 304 g/mol. The molecule has 1 amide bonds. The van der Waals surface area contributed by atoms with E-state index in [0.29, 0.717) is 31.2 Å². The largest absolute Gasteiger partial charge is 0.351 e. The SMILES string of the molecule is CN1C[C@@H](c2cc(=O)[nH]c(NCc3cccs3)n2)CC1=O. The molecule has 21 heavy (non-hydrogen) atoms. The molecule has 2 aromatic rings. The Kier molecular flexibility index (Phi) is 3.74. The minimum Gasteiger partial charge on any atom is -0.351 e. The Morgan fingerprint density at radius 3 is 3.05 bits per heavy atom. The van der Waals surface area contributed by atoms with Gasteiger partial charge in [-0.05, 0) is 11.4 Å². The van der Waals surface area contributed by atoms with Gasteiger partial charge in [0, 0.05) is 36.9 Å². The van der Waals surface area contributed by atoms with Crippen molar-refractivity contribution in [2.75, 3.05) is 18.9 Å². The second kappa shape index (κ2) is 5.69. The third-order valence-electron chi connectivity index (χ3n) is 3.53. The molecule has 0 bridgehead atoms. The minimum atomic E-state index is -0.198. The van der Waals surface area contributed by atoms with Gasteiger partial charge in [-0.1, -0.05) is 6.07 Å². The maximum atomic E-state index is 11.8. The molecule has 0 unspecified atom stereocenters. The van der Waals surface area contributed by atoms with Crippen molar-refractivity contribution < 1.29 is 4.79 Å². The Morgan fingerprint density at radius 2 is 2.38 bits per heavy atom. The third-order valence-corrected chi connectivity index (χ3v) is 4.41. The molecule has 0 aliphatic carbocycles. The Morgan fingerprint density at radius 1 is 1.52 bits per heavy atom. The molecule has 2 aromatic heterocycles. The predicted molar refractivity (Wildman–Crippen MR) is 81.5 cm³/mol. The van der Waals surface area contributed by atoms with Gasteiger partial charge in [-0.15, -0.1) is 11.3 Å². The lowest BCUT2D eigenvalue weighted by atomic mass is 10.0. The highest BCUT2D eigenvalue weighted by atomic mass is 32.1. The second-order valence-electron chi connectivity index (χ2n) is 5.13. The van der Waals surface area contributed by atoms with Gasteiger partial charge in [0.25, 0.3) is 5.56 Å². The number of rotatable bonds is 4. The number of anilines is 1. The molecule has 1 fully saturated rings. The van der Waals surface area contributed by atoms with E-state index >= 15 is 0 Å². The van der Waals surface area contributed by atoms with Crippen LogP contribution in [-0.2, 0) is 11.3 Å². The molecule has 1 aliphatic rings. The molecule has 1 atom stereocenters. The summed E-state index contributed by atoms with van der Waals surface area (Å²) in [5, 5.41) is 5.12. The first kappa shape index (κ1) is 13.8. The summed E-state index contributed by atoms with van der Waals surface area (Å²) in [6.45, 7) is 1.23.